The van der Waals surface area contributed by atoms with Gasteiger partial charge in [0.2, 0.25) is 5.91 Å². The summed E-state index contributed by atoms with van der Waals surface area (Å²) >= 11 is 0. The van der Waals surface area contributed by atoms with Crippen molar-refractivity contribution in [2.45, 2.75) is 52.0 Å². The van der Waals surface area contributed by atoms with Gasteiger partial charge in [0.25, 0.3) is 0 Å². The van der Waals surface area contributed by atoms with Crippen LogP contribution in [0.1, 0.15) is 51.0 Å². The lowest BCUT2D eigenvalue weighted by Crippen LogP contribution is -2.26. The Morgan fingerprint density at radius 3 is 2.45 bits per heavy atom. The summed E-state index contributed by atoms with van der Waals surface area (Å²) < 4.78 is 5.12. The molecule has 0 atom stereocenters. The number of hydrogen-bond donors (Lipinski definition) is 0. The maximum absolute atomic E-state index is 12.0. The Labute approximate surface area is 133 Å². The van der Waals surface area contributed by atoms with E-state index in [9.17, 15) is 9.59 Å². The van der Waals surface area contributed by atoms with Gasteiger partial charge in [-0.2, -0.15) is 0 Å². The van der Waals surface area contributed by atoms with Crippen molar-refractivity contribution < 1.29 is 14.3 Å². The molecule has 1 aromatic carbocycles. The first-order chi connectivity index (χ1) is 10.6. The zero-order valence-electron chi connectivity index (χ0n) is 13.7. The van der Waals surface area contributed by atoms with Gasteiger partial charge in [0.05, 0.1) is 6.61 Å². The molecule has 0 bridgehead atoms. The van der Waals surface area contributed by atoms with Gasteiger partial charge in [-0.1, -0.05) is 50.1 Å². The van der Waals surface area contributed by atoms with Gasteiger partial charge < -0.3 is 9.64 Å². The van der Waals surface area contributed by atoms with Crippen LogP contribution in [0.15, 0.2) is 30.3 Å². The van der Waals surface area contributed by atoms with Crippen molar-refractivity contribution >= 4 is 11.9 Å². The van der Waals surface area contributed by atoms with E-state index in [1.54, 1.807) is 11.9 Å². The Hall–Kier alpha value is -1.84. The van der Waals surface area contributed by atoms with E-state index >= 15 is 0 Å². The first-order valence-corrected chi connectivity index (χ1v) is 8.07. The summed E-state index contributed by atoms with van der Waals surface area (Å²) in [6, 6.07) is 9.87. The molecule has 0 heterocycles. The lowest BCUT2D eigenvalue weighted by atomic mass is 10.2. The summed E-state index contributed by atoms with van der Waals surface area (Å²) in [5, 5.41) is 0. The minimum Gasteiger partial charge on any atom is -0.466 e. The fourth-order valence-electron chi connectivity index (χ4n) is 2.13. The molecule has 4 heteroatoms. The molecule has 1 amide bonds. The molecule has 4 nitrogen and oxygen atoms in total. The normalized spacial score (nSPS) is 10.3. The van der Waals surface area contributed by atoms with Gasteiger partial charge in [0.15, 0.2) is 0 Å². The van der Waals surface area contributed by atoms with Crippen LogP contribution in [0.3, 0.4) is 0 Å². The third-order valence-electron chi connectivity index (χ3n) is 3.47. The number of amides is 1. The third-order valence-corrected chi connectivity index (χ3v) is 3.47. The van der Waals surface area contributed by atoms with Crippen molar-refractivity contribution in [2.24, 2.45) is 0 Å². The van der Waals surface area contributed by atoms with Crippen LogP contribution in [-0.2, 0) is 20.9 Å². The van der Waals surface area contributed by atoms with E-state index < -0.39 is 0 Å². The second-order valence-corrected chi connectivity index (χ2v) is 5.52. The molecule has 0 spiro atoms. The zero-order valence-corrected chi connectivity index (χ0v) is 13.7. The average Bonchev–Trinajstić information content (AvgIpc) is 2.52. The lowest BCUT2D eigenvalue weighted by Gasteiger charge is -2.17. The van der Waals surface area contributed by atoms with Gasteiger partial charge in [0.1, 0.15) is 0 Å². The second-order valence-electron chi connectivity index (χ2n) is 5.52. The fraction of sp³-hybridized carbons (Fsp3) is 0.556. The van der Waals surface area contributed by atoms with Gasteiger partial charge in [-0.05, 0) is 18.4 Å². The fourth-order valence-corrected chi connectivity index (χ4v) is 2.13. The van der Waals surface area contributed by atoms with Crippen LogP contribution >= 0.6 is 0 Å². The highest BCUT2D eigenvalue weighted by Gasteiger charge is 2.10. The molecule has 0 aliphatic carbocycles. The summed E-state index contributed by atoms with van der Waals surface area (Å²) in [5.41, 5.74) is 1.11. The minimum absolute atomic E-state index is 0.0580. The molecule has 22 heavy (non-hydrogen) atoms. The highest BCUT2D eigenvalue weighted by molar-refractivity contribution is 5.77. The Morgan fingerprint density at radius 1 is 1.05 bits per heavy atom. The molecule has 0 radical (unpaired) electrons. The first-order valence-electron chi connectivity index (χ1n) is 8.07. The molecule has 1 rings (SSSR count). The van der Waals surface area contributed by atoms with E-state index in [2.05, 4.69) is 6.92 Å². The number of nitrogens with zero attached hydrogens (tertiary/aromatic N) is 1. The summed E-state index contributed by atoms with van der Waals surface area (Å²) in [5.74, 6) is -0.141. The van der Waals surface area contributed by atoms with E-state index in [1.807, 2.05) is 30.3 Å². The molecular weight excluding hydrogens is 278 g/mol. The molecule has 0 aliphatic heterocycles. The molecular formula is C18H27NO3. The molecule has 122 valence electrons. The summed E-state index contributed by atoms with van der Waals surface area (Å²) in [4.78, 5) is 25.2. The van der Waals surface area contributed by atoms with Crippen LogP contribution in [0, 0.1) is 0 Å². The summed E-state index contributed by atoms with van der Waals surface area (Å²) in [6.45, 7) is 3.20. The Balaban J connectivity index is 2.15. The summed E-state index contributed by atoms with van der Waals surface area (Å²) in [7, 11) is 1.79. The van der Waals surface area contributed by atoms with Gasteiger partial charge in [-0.3, -0.25) is 9.59 Å². The van der Waals surface area contributed by atoms with Gasteiger partial charge in [-0.25, -0.2) is 0 Å². The SMILES string of the molecule is CCCCCOC(=O)CCCC(=O)N(C)Cc1ccccc1. The average molecular weight is 305 g/mol. The van der Waals surface area contributed by atoms with Crippen molar-refractivity contribution in [3.8, 4) is 0 Å². The molecule has 0 saturated heterocycles. The van der Waals surface area contributed by atoms with Crippen LogP contribution < -0.4 is 0 Å². The molecule has 0 saturated carbocycles. The van der Waals surface area contributed by atoms with Crippen LogP contribution in [0.25, 0.3) is 0 Å². The van der Waals surface area contributed by atoms with Gasteiger partial charge >= 0.3 is 5.97 Å². The van der Waals surface area contributed by atoms with Crippen LogP contribution in [-0.4, -0.2) is 30.4 Å². The largest absolute Gasteiger partial charge is 0.466 e. The van der Waals surface area contributed by atoms with Crippen molar-refractivity contribution in [1.29, 1.82) is 0 Å². The van der Waals surface area contributed by atoms with E-state index in [1.165, 1.54) is 0 Å². The van der Waals surface area contributed by atoms with Gasteiger partial charge in [0, 0.05) is 26.4 Å². The van der Waals surface area contributed by atoms with E-state index in [-0.39, 0.29) is 11.9 Å². The molecule has 0 aliphatic rings. The number of carbonyl (C=O) groups excluding carboxylic acids is 2. The molecule has 1 aromatic rings. The Morgan fingerprint density at radius 2 is 1.77 bits per heavy atom. The molecule has 0 N–H and O–H groups in total. The monoisotopic (exact) mass is 305 g/mol. The molecule has 0 fully saturated rings. The van der Waals surface area contributed by atoms with Crippen molar-refractivity contribution in [3.63, 3.8) is 0 Å². The number of ether oxygens (including phenoxy) is 1. The quantitative estimate of drug-likeness (QED) is 0.490. The lowest BCUT2D eigenvalue weighted by molar-refractivity contribution is -0.144. The number of benzene rings is 1. The highest BCUT2D eigenvalue weighted by Crippen LogP contribution is 2.07. The second kappa shape index (κ2) is 10.8. The minimum atomic E-state index is -0.199. The smallest absolute Gasteiger partial charge is 0.305 e. The standard InChI is InChI=1S/C18H27NO3/c1-3-4-8-14-22-18(21)13-9-12-17(20)19(2)15-16-10-6-5-7-11-16/h5-7,10-11H,3-4,8-9,12-15H2,1-2H3. The number of unbranched alkanes of at least 4 members (excludes halogenated alkanes) is 2. The van der Waals surface area contributed by atoms with Crippen LogP contribution in [0.5, 0.6) is 0 Å². The topological polar surface area (TPSA) is 46.6 Å². The third kappa shape index (κ3) is 7.81. The number of rotatable bonds is 10. The van der Waals surface area contributed by atoms with Crippen molar-refractivity contribution in [3.05, 3.63) is 35.9 Å². The highest BCUT2D eigenvalue weighted by atomic mass is 16.5. The Bertz CT molecular complexity index is 445. The van der Waals surface area contributed by atoms with Crippen LogP contribution in [0.4, 0.5) is 0 Å². The van der Waals surface area contributed by atoms with E-state index in [0.717, 1.165) is 24.8 Å². The maximum atomic E-state index is 12.0. The predicted molar refractivity (Wildman–Crippen MR) is 87.3 cm³/mol. The Kier molecular flexibility index (Phi) is 8.96. The predicted octanol–water partition coefficient (Wildman–Crippen LogP) is 3.55. The zero-order chi connectivity index (χ0) is 16.2. The first kappa shape index (κ1) is 18.2. The van der Waals surface area contributed by atoms with Crippen molar-refractivity contribution in [1.82, 2.24) is 4.90 Å². The summed E-state index contributed by atoms with van der Waals surface area (Å²) in [6.07, 6.45) is 4.35. The van der Waals surface area contributed by atoms with Crippen molar-refractivity contribution in [2.75, 3.05) is 13.7 Å². The number of esters is 1. The molecule has 0 unspecified atom stereocenters. The van der Waals surface area contributed by atoms with Crippen LogP contribution in [0.2, 0.25) is 0 Å². The number of hydrogen-bond acceptors (Lipinski definition) is 3. The maximum Gasteiger partial charge on any atom is 0.305 e. The van der Waals surface area contributed by atoms with E-state index in [4.69, 9.17) is 4.74 Å². The molecule has 0 aromatic heterocycles. The van der Waals surface area contributed by atoms with E-state index in [0.29, 0.717) is 32.4 Å². The van der Waals surface area contributed by atoms with Gasteiger partial charge in [-0.15, -0.1) is 0 Å². The number of carbonyl (C=O) groups is 2.